The number of nitrogens with zero attached hydrogens (tertiary/aromatic N) is 3. The molecular formula is C16H19N3O4S2. The van der Waals surface area contributed by atoms with E-state index < -0.39 is 15.9 Å². The Morgan fingerprint density at radius 3 is 2.80 bits per heavy atom. The highest BCUT2D eigenvalue weighted by molar-refractivity contribution is 7.88. The Balaban J connectivity index is 2.46. The molecule has 0 N–H and O–H groups in total. The van der Waals surface area contributed by atoms with Crippen molar-refractivity contribution in [3.63, 3.8) is 0 Å². The molecule has 1 aromatic heterocycles. The third-order valence-corrected chi connectivity index (χ3v) is 5.66. The van der Waals surface area contributed by atoms with Gasteiger partial charge in [-0.05, 0) is 25.1 Å². The van der Waals surface area contributed by atoms with E-state index >= 15 is 0 Å². The number of aromatic nitrogens is 1. The summed E-state index contributed by atoms with van der Waals surface area (Å²) in [6, 6.07) is 5.55. The average molecular weight is 381 g/mol. The maximum absolute atomic E-state index is 12.1. The quantitative estimate of drug-likeness (QED) is 0.701. The summed E-state index contributed by atoms with van der Waals surface area (Å²) in [6.45, 7) is 2.37. The lowest BCUT2D eigenvalue weighted by Crippen LogP contribution is -2.31. The van der Waals surface area contributed by atoms with E-state index in [2.05, 4.69) is 10.9 Å². The standard InChI is InChI=1S/C16H19N3O4S2/c1-5-9-19-13-8-7-12(23-6-2)10-14(13)24-16(19)17-15(20)11-18(3)25(4,21)22/h1,7-8,10H,6,9,11H2,2-4H3. The number of carbonyl (C=O) groups is 1. The fourth-order valence-corrected chi connectivity index (χ4v) is 3.51. The normalized spacial score (nSPS) is 12.5. The van der Waals surface area contributed by atoms with E-state index in [0.29, 0.717) is 11.4 Å². The fourth-order valence-electron chi connectivity index (χ4n) is 2.09. The van der Waals surface area contributed by atoms with Crippen molar-refractivity contribution in [1.82, 2.24) is 8.87 Å². The van der Waals surface area contributed by atoms with Gasteiger partial charge in [-0.3, -0.25) is 4.79 Å². The van der Waals surface area contributed by atoms with Gasteiger partial charge in [0.1, 0.15) is 5.75 Å². The summed E-state index contributed by atoms with van der Waals surface area (Å²) in [5.74, 6) is 2.70. The van der Waals surface area contributed by atoms with Gasteiger partial charge in [0, 0.05) is 7.05 Å². The molecule has 1 amide bonds. The first-order valence-corrected chi connectivity index (χ1v) is 10.1. The molecule has 1 aromatic carbocycles. The summed E-state index contributed by atoms with van der Waals surface area (Å²) in [5.41, 5.74) is 0.842. The molecule has 7 nitrogen and oxygen atoms in total. The van der Waals surface area contributed by atoms with Crippen LogP contribution in [-0.2, 0) is 21.4 Å². The summed E-state index contributed by atoms with van der Waals surface area (Å²) in [5, 5.41) is 0. The number of likely N-dealkylation sites (N-methyl/N-ethyl adjacent to an activating group) is 1. The van der Waals surface area contributed by atoms with E-state index in [1.807, 2.05) is 25.1 Å². The number of terminal acetylenes is 1. The third kappa shape index (κ3) is 4.69. The Hall–Kier alpha value is -2.15. The topological polar surface area (TPSA) is 81.0 Å². The molecule has 0 aliphatic heterocycles. The highest BCUT2D eigenvalue weighted by atomic mass is 32.2. The molecule has 0 aliphatic rings. The van der Waals surface area contributed by atoms with Crippen LogP contribution < -0.4 is 9.54 Å². The van der Waals surface area contributed by atoms with Crippen LogP contribution in [0.3, 0.4) is 0 Å². The molecule has 25 heavy (non-hydrogen) atoms. The number of sulfonamides is 1. The van der Waals surface area contributed by atoms with Gasteiger partial charge < -0.3 is 9.30 Å². The molecule has 0 saturated carbocycles. The van der Waals surface area contributed by atoms with Crippen molar-refractivity contribution in [2.75, 3.05) is 26.5 Å². The van der Waals surface area contributed by atoms with Gasteiger partial charge in [-0.2, -0.15) is 9.30 Å². The maximum atomic E-state index is 12.1. The van der Waals surface area contributed by atoms with Crippen LogP contribution in [0.25, 0.3) is 10.2 Å². The Morgan fingerprint density at radius 2 is 2.20 bits per heavy atom. The van der Waals surface area contributed by atoms with Crippen LogP contribution in [0.5, 0.6) is 5.75 Å². The zero-order valence-electron chi connectivity index (χ0n) is 14.2. The average Bonchev–Trinajstić information content (AvgIpc) is 2.84. The summed E-state index contributed by atoms with van der Waals surface area (Å²) in [6.07, 6.45) is 6.46. The van der Waals surface area contributed by atoms with Gasteiger partial charge in [-0.15, -0.1) is 6.42 Å². The minimum absolute atomic E-state index is 0.252. The van der Waals surface area contributed by atoms with Gasteiger partial charge >= 0.3 is 0 Å². The summed E-state index contributed by atoms with van der Waals surface area (Å²) < 4.78 is 31.9. The molecule has 2 rings (SSSR count). The number of benzene rings is 1. The Labute approximate surface area is 150 Å². The Kier molecular flexibility index (Phi) is 6.00. The molecule has 0 atom stereocenters. The number of carbonyl (C=O) groups excluding carboxylic acids is 1. The van der Waals surface area contributed by atoms with Crippen molar-refractivity contribution in [3.8, 4) is 18.1 Å². The summed E-state index contributed by atoms with van der Waals surface area (Å²) in [4.78, 5) is 16.6. The van der Waals surface area contributed by atoms with Crippen LogP contribution in [0.4, 0.5) is 0 Å². The van der Waals surface area contributed by atoms with Crippen molar-refractivity contribution in [2.45, 2.75) is 13.5 Å². The van der Waals surface area contributed by atoms with E-state index in [4.69, 9.17) is 11.2 Å². The van der Waals surface area contributed by atoms with Crippen molar-refractivity contribution in [1.29, 1.82) is 0 Å². The molecule has 2 aromatic rings. The second-order valence-corrected chi connectivity index (χ2v) is 8.36. The summed E-state index contributed by atoms with van der Waals surface area (Å²) >= 11 is 1.30. The van der Waals surface area contributed by atoms with E-state index in [-0.39, 0.29) is 13.1 Å². The number of amides is 1. The zero-order valence-corrected chi connectivity index (χ0v) is 15.9. The second-order valence-electron chi connectivity index (χ2n) is 5.26. The highest BCUT2D eigenvalue weighted by Gasteiger charge is 2.15. The number of hydrogen-bond acceptors (Lipinski definition) is 5. The fraction of sp³-hybridized carbons (Fsp3) is 0.375. The van der Waals surface area contributed by atoms with Crippen LogP contribution in [-0.4, -0.2) is 49.7 Å². The molecule has 0 spiro atoms. The molecule has 0 fully saturated rings. The molecule has 0 aliphatic carbocycles. The first kappa shape index (κ1) is 19.2. The maximum Gasteiger partial charge on any atom is 0.263 e. The first-order valence-electron chi connectivity index (χ1n) is 7.44. The molecule has 0 unspecified atom stereocenters. The van der Waals surface area contributed by atoms with Crippen LogP contribution >= 0.6 is 11.3 Å². The van der Waals surface area contributed by atoms with Crippen LogP contribution in [0, 0.1) is 12.3 Å². The van der Waals surface area contributed by atoms with Gasteiger partial charge in [-0.1, -0.05) is 17.3 Å². The van der Waals surface area contributed by atoms with E-state index in [0.717, 1.165) is 26.5 Å². The molecule has 9 heteroatoms. The summed E-state index contributed by atoms with van der Waals surface area (Å²) in [7, 11) is -2.12. The zero-order chi connectivity index (χ0) is 18.6. The molecule has 0 bridgehead atoms. The van der Waals surface area contributed by atoms with Crippen molar-refractivity contribution in [2.24, 2.45) is 4.99 Å². The molecule has 134 valence electrons. The first-order chi connectivity index (χ1) is 11.8. The van der Waals surface area contributed by atoms with Crippen molar-refractivity contribution in [3.05, 3.63) is 23.0 Å². The lowest BCUT2D eigenvalue weighted by atomic mass is 10.3. The molecule has 0 radical (unpaired) electrons. The lowest BCUT2D eigenvalue weighted by molar-refractivity contribution is -0.118. The van der Waals surface area contributed by atoms with Gasteiger partial charge in [0.2, 0.25) is 10.0 Å². The van der Waals surface area contributed by atoms with Crippen molar-refractivity contribution >= 4 is 37.5 Å². The van der Waals surface area contributed by atoms with E-state index in [1.165, 1.54) is 18.4 Å². The van der Waals surface area contributed by atoms with E-state index in [1.54, 1.807) is 4.57 Å². The molecule has 1 heterocycles. The minimum atomic E-state index is -3.45. The highest BCUT2D eigenvalue weighted by Crippen LogP contribution is 2.23. The predicted molar refractivity (Wildman–Crippen MR) is 97.9 cm³/mol. The van der Waals surface area contributed by atoms with Gasteiger partial charge in [-0.25, -0.2) is 8.42 Å². The van der Waals surface area contributed by atoms with Gasteiger partial charge in [0.25, 0.3) is 5.91 Å². The third-order valence-electron chi connectivity index (χ3n) is 3.36. The predicted octanol–water partition coefficient (Wildman–Crippen LogP) is 1.05. The monoisotopic (exact) mass is 381 g/mol. The largest absolute Gasteiger partial charge is 0.494 e. The van der Waals surface area contributed by atoms with Crippen LogP contribution in [0.15, 0.2) is 23.2 Å². The molecular weight excluding hydrogens is 362 g/mol. The second kappa shape index (κ2) is 7.82. The van der Waals surface area contributed by atoms with Crippen molar-refractivity contribution < 1.29 is 17.9 Å². The Morgan fingerprint density at radius 1 is 1.48 bits per heavy atom. The number of thiazole rings is 1. The van der Waals surface area contributed by atoms with Gasteiger partial charge in [0.05, 0.1) is 36.2 Å². The smallest absolute Gasteiger partial charge is 0.263 e. The lowest BCUT2D eigenvalue weighted by Gasteiger charge is -2.10. The minimum Gasteiger partial charge on any atom is -0.494 e. The number of rotatable bonds is 6. The van der Waals surface area contributed by atoms with Gasteiger partial charge in [0.15, 0.2) is 4.80 Å². The Bertz CT molecular complexity index is 997. The number of ether oxygens (including phenoxy) is 1. The molecule has 0 saturated heterocycles. The SMILES string of the molecule is C#CCn1c(=NC(=O)CN(C)S(C)(=O)=O)sc2cc(OCC)ccc21. The number of hydrogen-bond donors (Lipinski definition) is 0. The number of fused-ring (bicyclic) bond motifs is 1. The van der Waals surface area contributed by atoms with E-state index in [9.17, 15) is 13.2 Å². The van der Waals surface area contributed by atoms with Crippen LogP contribution in [0.1, 0.15) is 6.92 Å². The van der Waals surface area contributed by atoms with Crippen LogP contribution in [0.2, 0.25) is 0 Å².